The fourth-order valence-corrected chi connectivity index (χ4v) is 2.67. The van der Waals surface area contributed by atoms with E-state index >= 15 is 0 Å². The zero-order chi connectivity index (χ0) is 12.3. The van der Waals surface area contributed by atoms with E-state index in [0.717, 1.165) is 18.8 Å². The molecule has 1 aliphatic rings. The highest BCUT2D eigenvalue weighted by atomic mass is 15.3. The van der Waals surface area contributed by atoms with Gasteiger partial charge in [0, 0.05) is 19.0 Å². The normalized spacial score (nSPS) is 25.4. The van der Waals surface area contributed by atoms with Crippen LogP contribution in [0.2, 0.25) is 0 Å². The minimum absolute atomic E-state index is 0.355. The van der Waals surface area contributed by atoms with Crippen LogP contribution in [-0.4, -0.2) is 20.8 Å². The quantitative estimate of drug-likeness (QED) is 0.870. The van der Waals surface area contributed by atoms with Crippen molar-refractivity contribution in [3.8, 4) is 0 Å². The largest absolute Gasteiger partial charge is 0.327 e. The summed E-state index contributed by atoms with van der Waals surface area (Å²) in [6.07, 6.45) is 7.69. The maximum atomic E-state index is 6.19. The van der Waals surface area contributed by atoms with E-state index in [1.54, 1.807) is 6.33 Å². The van der Waals surface area contributed by atoms with E-state index in [1.807, 2.05) is 4.68 Å². The van der Waals surface area contributed by atoms with Gasteiger partial charge >= 0.3 is 0 Å². The smallest absolute Gasteiger partial charge is 0.138 e. The van der Waals surface area contributed by atoms with Gasteiger partial charge in [-0.2, -0.15) is 5.10 Å². The molecule has 0 amide bonds. The minimum Gasteiger partial charge on any atom is -0.327 e. The second kappa shape index (κ2) is 5.63. The Labute approximate surface area is 104 Å². The van der Waals surface area contributed by atoms with Crippen LogP contribution in [0.15, 0.2) is 6.33 Å². The molecule has 1 saturated carbocycles. The van der Waals surface area contributed by atoms with Crippen molar-refractivity contribution in [3.05, 3.63) is 12.2 Å². The number of aromatic nitrogens is 3. The Bertz CT molecular complexity index is 345. The first kappa shape index (κ1) is 12.6. The van der Waals surface area contributed by atoms with Gasteiger partial charge in [-0.25, -0.2) is 9.67 Å². The van der Waals surface area contributed by atoms with Crippen molar-refractivity contribution in [1.29, 1.82) is 0 Å². The molecule has 0 saturated heterocycles. The molecule has 0 aromatic carbocycles. The van der Waals surface area contributed by atoms with Crippen molar-refractivity contribution in [1.82, 2.24) is 14.8 Å². The highest BCUT2D eigenvalue weighted by Crippen LogP contribution is 2.25. The first-order chi connectivity index (χ1) is 8.16. The lowest BCUT2D eigenvalue weighted by Crippen LogP contribution is -2.35. The minimum atomic E-state index is 0.355. The van der Waals surface area contributed by atoms with Gasteiger partial charge in [0.2, 0.25) is 0 Å². The first-order valence-electron chi connectivity index (χ1n) is 6.79. The van der Waals surface area contributed by atoms with Crippen LogP contribution in [0.25, 0.3) is 0 Å². The zero-order valence-corrected chi connectivity index (χ0v) is 11.0. The SMILES string of the molecule is CC(C)Cn1ncnc1CC1CCCCC1N. The lowest BCUT2D eigenvalue weighted by atomic mass is 9.83. The lowest BCUT2D eigenvalue weighted by Gasteiger charge is -2.28. The monoisotopic (exact) mass is 236 g/mol. The summed E-state index contributed by atoms with van der Waals surface area (Å²) in [5.41, 5.74) is 6.19. The van der Waals surface area contributed by atoms with Gasteiger partial charge in [-0.15, -0.1) is 0 Å². The summed E-state index contributed by atoms with van der Waals surface area (Å²) in [6.45, 7) is 5.37. The number of nitrogens with zero attached hydrogens (tertiary/aromatic N) is 3. The average Bonchev–Trinajstić information content (AvgIpc) is 2.68. The van der Waals surface area contributed by atoms with Crippen molar-refractivity contribution >= 4 is 0 Å². The van der Waals surface area contributed by atoms with Crippen molar-refractivity contribution < 1.29 is 0 Å². The first-order valence-corrected chi connectivity index (χ1v) is 6.79. The third-order valence-corrected chi connectivity index (χ3v) is 3.65. The maximum Gasteiger partial charge on any atom is 0.138 e. The van der Waals surface area contributed by atoms with Crippen LogP contribution in [0, 0.1) is 11.8 Å². The molecular weight excluding hydrogens is 212 g/mol. The Kier molecular flexibility index (Phi) is 4.15. The van der Waals surface area contributed by atoms with Gasteiger partial charge in [-0.3, -0.25) is 0 Å². The molecule has 0 spiro atoms. The second-order valence-electron chi connectivity index (χ2n) is 5.66. The Morgan fingerprint density at radius 2 is 2.18 bits per heavy atom. The van der Waals surface area contributed by atoms with Crippen LogP contribution in [0.3, 0.4) is 0 Å². The summed E-state index contributed by atoms with van der Waals surface area (Å²) in [5, 5.41) is 4.31. The number of rotatable bonds is 4. The van der Waals surface area contributed by atoms with E-state index in [-0.39, 0.29) is 0 Å². The fourth-order valence-electron chi connectivity index (χ4n) is 2.67. The van der Waals surface area contributed by atoms with Crippen LogP contribution in [0.1, 0.15) is 45.4 Å². The highest BCUT2D eigenvalue weighted by Gasteiger charge is 2.23. The van der Waals surface area contributed by atoms with Crippen molar-refractivity contribution in [2.24, 2.45) is 17.6 Å². The molecule has 1 fully saturated rings. The van der Waals surface area contributed by atoms with Gasteiger partial charge in [0.1, 0.15) is 12.2 Å². The predicted molar refractivity (Wildman–Crippen MR) is 68.5 cm³/mol. The van der Waals surface area contributed by atoms with Gasteiger partial charge in [0.25, 0.3) is 0 Å². The van der Waals surface area contributed by atoms with Gasteiger partial charge < -0.3 is 5.73 Å². The maximum absolute atomic E-state index is 6.19. The molecule has 1 aliphatic carbocycles. The molecule has 0 bridgehead atoms. The van der Waals surface area contributed by atoms with Crippen LogP contribution in [0.5, 0.6) is 0 Å². The van der Waals surface area contributed by atoms with Gasteiger partial charge in [0.05, 0.1) is 0 Å². The third-order valence-electron chi connectivity index (χ3n) is 3.65. The molecule has 2 atom stereocenters. The molecule has 1 heterocycles. The number of hydrogen-bond acceptors (Lipinski definition) is 3. The third kappa shape index (κ3) is 3.28. The molecule has 0 aliphatic heterocycles. The summed E-state index contributed by atoms with van der Waals surface area (Å²) in [5.74, 6) is 2.32. The van der Waals surface area contributed by atoms with Crippen LogP contribution >= 0.6 is 0 Å². The van der Waals surface area contributed by atoms with Crippen molar-refractivity contribution in [3.63, 3.8) is 0 Å². The molecule has 0 radical (unpaired) electrons. The van der Waals surface area contributed by atoms with E-state index in [4.69, 9.17) is 5.73 Å². The van der Waals surface area contributed by atoms with E-state index in [2.05, 4.69) is 23.9 Å². The molecule has 2 rings (SSSR count). The topological polar surface area (TPSA) is 56.7 Å². The van der Waals surface area contributed by atoms with E-state index < -0.39 is 0 Å². The van der Waals surface area contributed by atoms with Crippen LogP contribution in [-0.2, 0) is 13.0 Å². The van der Waals surface area contributed by atoms with Crippen LogP contribution in [0.4, 0.5) is 0 Å². The Morgan fingerprint density at radius 1 is 1.41 bits per heavy atom. The van der Waals surface area contributed by atoms with Crippen molar-refractivity contribution in [2.45, 2.75) is 58.5 Å². The predicted octanol–water partition coefficient (Wildman–Crippen LogP) is 1.99. The molecule has 4 heteroatoms. The molecule has 1 aromatic heterocycles. The second-order valence-corrected chi connectivity index (χ2v) is 5.66. The van der Waals surface area contributed by atoms with Crippen LogP contribution < -0.4 is 5.73 Å². The number of nitrogens with two attached hydrogens (primary N) is 1. The summed E-state index contributed by atoms with van der Waals surface area (Å²) in [7, 11) is 0. The van der Waals surface area contributed by atoms with Crippen molar-refractivity contribution in [2.75, 3.05) is 0 Å². The summed E-state index contributed by atoms with van der Waals surface area (Å²) in [4.78, 5) is 4.39. The molecule has 1 aromatic rings. The molecule has 4 nitrogen and oxygen atoms in total. The fraction of sp³-hybridized carbons (Fsp3) is 0.846. The molecule has 17 heavy (non-hydrogen) atoms. The summed E-state index contributed by atoms with van der Waals surface area (Å²) < 4.78 is 2.05. The Balaban J connectivity index is 1.99. The van der Waals surface area contributed by atoms with Gasteiger partial charge in [-0.05, 0) is 24.7 Å². The van der Waals surface area contributed by atoms with E-state index in [1.165, 1.54) is 25.7 Å². The Morgan fingerprint density at radius 3 is 2.88 bits per heavy atom. The lowest BCUT2D eigenvalue weighted by molar-refractivity contribution is 0.296. The molecule has 2 N–H and O–H groups in total. The standard InChI is InChI=1S/C13H24N4/c1-10(2)8-17-13(15-9-16-17)7-11-5-3-4-6-12(11)14/h9-12H,3-8,14H2,1-2H3. The number of hydrogen-bond donors (Lipinski definition) is 1. The van der Waals surface area contributed by atoms with Gasteiger partial charge in [0.15, 0.2) is 0 Å². The van der Waals surface area contributed by atoms with E-state index in [0.29, 0.717) is 17.9 Å². The van der Waals surface area contributed by atoms with E-state index in [9.17, 15) is 0 Å². The molecular formula is C13H24N4. The summed E-state index contributed by atoms with van der Waals surface area (Å²) >= 11 is 0. The molecule has 96 valence electrons. The Hall–Kier alpha value is -0.900. The average molecular weight is 236 g/mol. The summed E-state index contributed by atoms with van der Waals surface area (Å²) in [6, 6.07) is 0.355. The highest BCUT2D eigenvalue weighted by molar-refractivity contribution is 4.92. The molecule has 2 unspecified atom stereocenters. The zero-order valence-electron chi connectivity index (χ0n) is 11.0. The van der Waals surface area contributed by atoms with Gasteiger partial charge in [-0.1, -0.05) is 26.7 Å².